The molecule has 1 heterocycles. The van der Waals surface area contributed by atoms with E-state index in [1.54, 1.807) is 24.3 Å². The van der Waals surface area contributed by atoms with Crippen LogP contribution in [0.4, 0.5) is 16.2 Å². The van der Waals surface area contributed by atoms with E-state index in [0.717, 1.165) is 24.3 Å². The van der Waals surface area contributed by atoms with Gasteiger partial charge in [-0.25, -0.2) is 4.79 Å². The van der Waals surface area contributed by atoms with Gasteiger partial charge in [0.25, 0.3) is 0 Å². The molecule has 3 rings (SSSR count). The van der Waals surface area contributed by atoms with Crippen LogP contribution in [0.25, 0.3) is 0 Å². The lowest BCUT2D eigenvalue weighted by Crippen LogP contribution is -2.29. The fourth-order valence-electron chi connectivity index (χ4n) is 2.81. The smallest absolute Gasteiger partial charge is 0.319 e. The van der Waals surface area contributed by atoms with Gasteiger partial charge in [0.05, 0.1) is 0 Å². The monoisotopic (exact) mass is 329 g/mol. The van der Waals surface area contributed by atoms with Crippen molar-refractivity contribution in [2.24, 2.45) is 0 Å². The normalized spacial score (nSPS) is 13.9. The first-order valence-corrected chi connectivity index (χ1v) is 8.23. The number of para-hydroxylation sites is 1. The molecule has 0 bridgehead atoms. The molecular weight excluding hydrogens is 310 g/mol. The van der Waals surface area contributed by atoms with Crippen molar-refractivity contribution in [1.29, 1.82) is 0 Å². The Kier molecular flexibility index (Phi) is 5.03. The van der Waals surface area contributed by atoms with Crippen molar-refractivity contribution in [3.8, 4) is 0 Å². The van der Waals surface area contributed by atoms with Crippen LogP contribution >= 0.6 is 11.6 Å². The molecule has 1 aliphatic heterocycles. The van der Waals surface area contributed by atoms with Crippen LogP contribution < -0.4 is 15.5 Å². The first-order chi connectivity index (χ1) is 11.2. The molecule has 5 heteroatoms. The topological polar surface area (TPSA) is 44.4 Å². The Balaban J connectivity index is 1.59. The molecule has 0 aliphatic carbocycles. The Morgan fingerprint density at radius 1 is 1.04 bits per heavy atom. The molecule has 0 aromatic heterocycles. The third-order valence-corrected chi connectivity index (χ3v) is 4.23. The Morgan fingerprint density at radius 2 is 1.74 bits per heavy atom. The van der Waals surface area contributed by atoms with Crippen molar-refractivity contribution in [2.45, 2.75) is 19.4 Å². The molecule has 0 unspecified atom stereocenters. The number of carbonyl (C=O) groups is 1. The van der Waals surface area contributed by atoms with Crippen molar-refractivity contribution in [2.75, 3.05) is 23.3 Å². The zero-order valence-corrected chi connectivity index (χ0v) is 13.6. The molecule has 23 heavy (non-hydrogen) atoms. The molecule has 2 aromatic rings. The molecule has 2 N–H and O–H groups in total. The number of anilines is 2. The number of nitrogens with one attached hydrogen (secondary N) is 2. The van der Waals surface area contributed by atoms with Gasteiger partial charge in [0.15, 0.2) is 0 Å². The summed E-state index contributed by atoms with van der Waals surface area (Å²) in [6.45, 7) is 2.69. The van der Waals surface area contributed by atoms with E-state index in [4.69, 9.17) is 11.6 Å². The Hall–Kier alpha value is -2.20. The SMILES string of the molecule is O=C(NCc1ccccc1N1CCCC1)Nc1ccc(Cl)cc1. The second-order valence-corrected chi connectivity index (χ2v) is 6.07. The second kappa shape index (κ2) is 7.38. The van der Waals surface area contributed by atoms with E-state index in [0.29, 0.717) is 11.6 Å². The maximum Gasteiger partial charge on any atom is 0.319 e. The fraction of sp³-hybridized carbons (Fsp3) is 0.278. The molecule has 1 aliphatic rings. The molecule has 0 radical (unpaired) electrons. The number of hydrogen-bond acceptors (Lipinski definition) is 2. The Labute approximate surface area is 141 Å². The van der Waals surface area contributed by atoms with Crippen molar-refractivity contribution < 1.29 is 4.79 Å². The van der Waals surface area contributed by atoms with Gasteiger partial charge in [-0.2, -0.15) is 0 Å². The molecule has 0 spiro atoms. The molecule has 1 fully saturated rings. The maximum atomic E-state index is 12.0. The van der Waals surface area contributed by atoms with Crippen molar-refractivity contribution >= 4 is 29.0 Å². The number of hydrogen-bond donors (Lipinski definition) is 2. The minimum atomic E-state index is -0.219. The quantitative estimate of drug-likeness (QED) is 0.880. The van der Waals surface area contributed by atoms with E-state index in [1.165, 1.54) is 18.5 Å². The van der Waals surface area contributed by atoms with Crippen LogP contribution in [-0.4, -0.2) is 19.1 Å². The highest BCUT2D eigenvalue weighted by atomic mass is 35.5. The lowest BCUT2D eigenvalue weighted by molar-refractivity contribution is 0.252. The van der Waals surface area contributed by atoms with Gasteiger partial charge in [0, 0.05) is 36.0 Å². The highest BCUT2D eigenvalue weighted by molar-refractivity contribution is 6.30. The number of benzene rings is 2. The predicted octanol–water partition coefficient (Wildman–Crippen LogP) is 4.26. The van der Waals surface area contributed by atoms with Gasteiger partial charge in [-0.15, -0.1) is 0 Å². The highest BCUT2D eigenvalue weighted by Crippen LogP contribution is 2.24. The van der Waals surface area contributed by atoms with Crippen LogP contribution in [0.1, 0.15) is 18.4 Å². The zero-order chi connectivity index (χ0) is 16.1. The third-order valence-electron chi connectivity index (χ3n) is 3.98. The minimum Gasteiger partial charge on any atom is -0.371 e. The number of urea groups is 1. The summed E-state index contributed by atoms with van der Waals surface area (Å²) in [6, 6.07) is 15.1. The average Bonchev–Trinajstić information content (AvgIpc) is 3.10. The largest absolute Gasteiger partial charge is 0.371 e. The summed E-state index contributed by atoms with van der Waals surface area (Å²) < 4.78 is 0. The number of nitrogens with zero attached hydrogens (tertiary/aromatic N) is 1. The summed E-state index contributed by atoms with van der Waals surface area (Å²) in [5.74, 6) is 0. The van der Waals surface area contributed by atoms with Crippen LogP contribution in [0.15, 0.2) is 48.5 Å². The molecule has 4 nitrogen and oxygen atoms in total. The van der Waals surface area contributed by atoms with Gasteiger partial charge < -0.3 is 15.5 Å². The van der Waals surface area contributed by atoms with E-state index < -0.39 is 0 Å². The summed E-state index contributed by atoms with van der Waals surface area (Å²) in [6.07, 6.45) is 2.47. The van der Waals surface area contributed by atoms with Gasteiger partial charge in [-0.3, -0.25) is 0 Å². The van der Waals surface area contributed by atoms with Crippen LogP contribution in [0.2, 0.25) is 5.02 Å². The lowest BCUT2D eigenvalue weighted by atomic mass is 10.1. The predicted molar refractivity (Wildman–Crippen MR) is 95.2 cm³/mol. The summed E-state index contributed by atoms with van der Waals surface area (Å²) in [4.78, 5) is 14.4. The summed E-state index contributed by atoms with van der Waals surface area (Å²) in [7, 11) is 0. The van der Waals surface area contributed by atoms with Gasteiger partial charge >= 0.3 is 6.03 Å². The zero-order valence-electron chi connectivity index (χ0n) is 12.9. The molecular formula is C18H20ClN3O. The molecule has 1 saturated heterocycles. The number of carbonyl (C=O) groups excluding carboxylic acids is 1. The second-order valence-electron chi connectivity index (χ2n) is 5.64. The van der Waals surface area contributed by atoms with Gasteiger partial charge in [0.1, 0.15) is 0 Å². The lowest BCUT2D eigenvalue weighted by Gasteiger charge is -2.21. The van der Waals surface area contributed by atoms with E-state index in [9.17, 15) is 4.79 Å². The first kappa shape index (κ1) is 15.7. The molecule has 2 aromatic carbocycles. The number of amides is 2. The van der Waals surface area contributed by atoms with Crippen molar-refractivity contribution in [3.63, 3.8) is 0 Å². The fourth-order valence-corrected chi connectivity index (χ4v) is 2.94. The number of halogens is 1. The first-order valence-electron chi connectivity index (χ1n) is 7.85. The van der Waals surface area contributed by atoms with Gasteiger partial charge in [-0.05, 0) is 48.7 Å². The molecule has 2 amide bonds. The van der Waals surface area contributed by atoms with Crippen molar-refractivity contribution in [3.05, 3.63) is 59.1 Å². The third kappa shape index (κ3) is 4.17. The van der Waals surface area contributed by atoms with Crippen LogP contribution in [0.5, 0.6) is 0 Å². The van der Waals surface area contributed by atoms with E-state index in [-0.39, 0.29) is 6.03 Å². The molecule has 0 saturated carbocycles. The average molecular weight is 330 g/mol. The van der Waals surface area contributed by atoms with Crippen LogP contribution in [0, 0.1) is 0 Å². The summed E-state index contributed by atoms with van der Waals surface area (Å²) in [5, 5.41) is 6.37. The van der Waals surface area contributed by atoms with E-state index in [2.05, 4.69) is 27.7 Å². The number of rotatable bonds is 4. The van der Waals surface area contributed by atoms with Crippen molar-refractivity contribution in [1.82, 2.24) is 5.32 Å². The Bertz CT molecular complexity index is 666. The van der Waals surface area contributed by atoms with Crippen LogP contribution in [0.3, 0.4) is 0 Å². The van der Waals surface area contributed by atoms with Gasteiger partial charge in [0.2, 0.25) is 0 Å². The minimum absolute atomic E-state index is 0.219. The highest BCUT2D eigenvalue weighted by Gasteiger charge is 2.15. The standard InChI is InChI=1S/C18H20ClN3O/c19-15-7-9-16(10-8-15)21-18(23)20-13-14-5-1-2-6-17(14)22-11-3-4-12-22/h1-2,5-10H,3-4,11-13H2,(H2,20,21,23). The summed E-state index contributed by atoms with van der Waals surface area (Å²) >= 11 is 5.84. The van der Waals surface area contributed by atoms with Gasteiger partial charge in [-0.1, -0.05) is 29.8 Å². The van der Waals surface area contributed by atoms with E-state index in [1.807, 2.05) is 12.1 Å². The molecule has 0 atom stereocenters. The Morgan fingerprint density at radius 3 is 2.48 bits per heavy atom. The maximum absolute atomic E-state index is 12.0. The van der Waals surface area contributed by atoms with E-state index >= 15 is 0 Å². The summed E-state index contributed by atoms with van der Waals surface area (Å²) in [5.41, 5.74) is 3.08. The van der Waals surface area contributed by atoms with Crippen LogP contribution in [-0.2, 0) is 6.54 Å². The molecule has 120 valence electrons.